The largest absolute Gasteiger partial charge is 0.493 e. The molecule has 1 N–H and O–H groups in total. The lowest BCUT2D eigenvalue weighted by Gasteiger charge is -2.23. The van der Waals surface area contributed by atoms with Crippen molar-refractivity contribution in [3.05, 3.63) is 22.7 Å². The smallest absolute Gasteiger partial charge is 0.179 e. The molecule has 4 nitrogen and oxygen atoms in total. The van der Waals surface area contributed by atoms with E-state index in [4.69, 9.17) is 21.1 Å². The number of nitrogens with one attached hydrogen (secondary N) is 1. The van der Waals surface area contributed by atoms with Crippen LogP contribution >= 0.6 is 11.6 Å². The molecule has 1 heterocycles. The van der Waals surface area contributed by atoms with Crippen molar-refractivity contribution < 1.29 is 9.47 Å². The second-order valence-electron chi connectivity index (χ2n) is 5.60. The number of benzene rings is 1. The fourth-order valence-electron chi connectivity index (χ4n) is 3.09. The molecule has 1 aliphatic heterocycles. The van der Waals surface area contributed by atoms with E-state index in [0.717, 1.165) is 25.2 Å². The van der Waals surface area contributed by atoms with E-state index in [1.165, 1.54) is 19.4 Å². The fraction of sp³-hybridized carbons (Fsp3) is 0.647. The molecule has 0 amide bonds. The van der Waals surface area contributed by atoms with Crippen molar-refractivity contribution in [2.24, 2.45) is 0 Å². The third-order valence-electron chi connectivity index (χ3n) is 4.19. The molecule has 0 radical (unpaired) electrons. The Morgan fingerprint density at radius 2 is 2.18 bits per heavy atom. The first-order chi connectivity index (χ1) is 10.7. The Labute approximate surface area is 138 Å². The molecule has 1 aromatic rings. The van der Waals surface area contributed by atoms with E-state index in [1.807, 2.05) is 19.1 Å². The Morgan fingerprint density at radius 1 is 1.36 bits per heavy atom. The summed E-state index contributed by atoms with van der Waals surface area (Å²) in [5.41, 5.74) is 1.12. The second kappa shape index (κ2) is 8.61. The Kier molecular flexibility index (Phi) is 6.80. The molecule has 124 valence electrons. The lowest BCUT2D eigenvalue weighted by atomic mass is 10.1. The van der Waals surface area contributed by atoms with E-state index in [-0.39, 0.29) is 0 Å². The molecule has 1 fully saturated rings. The molecule has 0 bridgehead atoms. The summed E-state index contributed by atoms with van der Waals surface area (Å²) in [7, 11) is 1.64. The molecule has 1 aliphatic rings. The van der Waals surface area contributed by atoms with Gasteiger partial charge in [0.2, 0.25) is 0 Å². The number of likely N-dealkylation sites (tertiary alicyclic amines) is 1. The molecule has 0 spiro atoms. The van der Waals surface area contributed by atoms with Crippen LogP contribution in [0.25, 0.3) is 0 Å². The van der Waals surface area contributed by atoms with E-state index >= 15 is 0 Å². The Hall–Kier alpha value is -0.970. The first kappa shape index (κ1) is 17.4. The lowest BCUT2D eigenvalue weighted by Crippen LogP contribution is -2.37. The van der Waals surface area contributed by atoms with E-state index in [9.17, 15) is 0 Å². The minimum Gasteiger partial charge on any atom is -0.493 e. The van der Waals surface area contributed by atoms with Crippen molar-refractivity contribution in [2.75, 3.05) is 33.4 Å². The normalized spacial score (nSPS) is 18.6. The van der Waals surface area contributed by atoms with Crippen LogP contribution in [0.4, 0.5) is 0 Å². The summed E-state index contributed by atoms with van der Waals surface area (Å²) in [6.07, 6.45) is 2.59. The predicted octanol–water partition coefficient (Wildman–Crippen LogP) is 3.32. The van der Waals surface area contributed by atoms with Gasteiger partial charge in [0.1, 0.15) is 0 Å². The molecule has 5 heteroatoms. The highest BCUT2D eigenvalue weighted by Gasteiger charge is 2.22. The lowest BCUT2D eigenvalue weighted by molar-refractivity contribution is 0.260. The number of hydrogen-bond donors (Lipinski definition) is 1. The molecule has 0 saturated carbocycles. The fourth-order valence-corrected chi connectivity index (χ4v) is 3.37. The summed E-state index contributed by atoms with van der Waals surface area (Å²) in [6, 6.07) is 4.61. The van der Waals surface area contributed by atoms with Crippen LogP contribution in [0.3, 0.4) is 0 Å². The van der Waals surface area contributed by atoms with Gasteiger partial charge in [-0.15, -0.1) is 0 Å². The van der Waals surface area contributed by atoms with Gasteiger partial charge in [0.15, 0.2) is 11.5 Å². The minimum absolute atomic E-state index is 0.572. The topological polar surface area (TPSA) is 33.7 Å². The van der Waals surface area contributed by atoms with E-state index in [0.29, 0.717) is 29.2 Å². The van der Waals surface area contributed by atoms with Crippen LogP contribution in [0, 0.1) is 0 Å². The van der Waals surface area contributed by atoms with Crippen molar-refractivity contribution in [1.29, 1.82) is 0 Å². The minimum atomic E-state index is 0.572. The maximum atomic E-state index is 6.30. The van der Waals surface area contributed by atoms with Gasteiger partial charge in [-0.3, -0.25) is 4.90 Å². The number of likely N-dealkylation sites (N-methyl/N-ethyl adjacent to an activating group) is 1. The van der Waals surface area contributed by atoms with Crippen molar-refractivity contribution in [2.45, 2.75) is 39.3 Å². The molecular formula is C17H27ClN2O2. The van der Waals surface area contributed by atoms with Crippen molar-refractivity contribution in [3.8, 4) is 11.5 Å². The van der Waals surface area contributed by atoms with Gasteiger partial charge in [0.25, 0.3) is 0 Å². The van der Waals surface area contributed by atoms with Crippen molar-refractivity contribution in [3.63, 3.8) is 0 Å². The van der Waals surface area contributed by atoms with Crippen molar-refractivity contribution >= 4 is 11.6 Å². The van der Waals surface area contributed by atoms with Crippen LogP contribution in [0.1, 0.15) is 32.3 Å². The molecule has 2 rings (SSSR count). The average molecular weight is 327 g/mol. The van der Waals surface area contributed by atoms with Crippen LogP contribution in [0.2, 0.25) is 5.02 Å². The maximum Gasteiger partial charge on any atom is 0.179 e. The van der Waals surface area contributed by atoms with Gasteiger partial charge in [-0.1, -0.05) is 18.5 Å². The number of methoxy groups -OCH3 is 1. The summed E-state index contributed by atoms with van der Waals surface area (Å²) in [4.78, 5) is 2.54. The maximum absolute atomic E-state index is 6.30. The highest BCUT2D eigenvalue weighted by Crippen LogP contribution is 2.36. The first-order valence-corrected chi connectivity index (χ1v) is 8.51. The van der Waals surface area contributed by atoms with Crippen LogP contribution in [0.15, 0.2) is 12.1 Å². The van der Waals surface area contributed by atoms with Crippen LogP contribution in [-0.4, -0.2) is 44.3 Å². The van der Waals surface area contributed by atoms with E-state index in [2.05, 4.69) is 17.1 Å². The number of hydrogen-bond acceptors (Lipinski definition) is 4. The van der Waals surface area contributed by atoms with Crippen molar-refractivity contribution in [1.82, 2.24) is 10.2 Å². The predicted molar refractivity (Wildman–Crippen MR) is 91.1 cm³/mol. The van der Waals surface area contributed by atoms with Gasteiger partial charge in [-0.05, 0) is 50.6 Å². The van der Waals surface area contributed by atoms with E-state index in [1.54, 1.807) is 7.11 Å². The summed E-state index contributed by atoms with van der Waals surface area (Å²) in [5.74, 6) is 1.32. The van der Waals surface area contributed by atoms with Gasteiger partial charge in [-0.2, -0.15) is 0 Å². The standard InChI is InChI=1S/C17H27ClN2O2/c1-4-20-8-6-7-14(20)12-19-11-13-9-15(18)17(22-5-2)16(10-13)21-3/h9-10,14,19H,4-8,11-12H2,1-3H3/t14-/m0/s1. The van der Waals surface area contributed by atoms with Gasteiger partial charge >= 0.3 is 0 Å². The number of ether oxygens (including phenoxy) is 2. The summed E-state index contributed by atoms with van der Waals surface area (Å²) < 4.78 is 10.9. The molecule has 0 aliphatic carbocycles. The molecule has 1 saturated heterocycles. The van der Waals surface area contributed by atoms with E-state index < -0.39 is 0 Å². The third kappa shape index (κ3) is 4.28. The average Bonchev–Trinajstić information content (AvgIpc) is 2.97. The number of rotatable bonds is 8. The van der Waals surface area contributed by atoms with Gasteiger partial charge in [0, 0.05) is 19.1 Å². The Bertz CT molecular complexity index is 482. The molecule has 1 aromatic carbocycles. The zero-order chi connectivity index (χ0) is 15.9. The van der Waals surface area contributed by atoms with Gasteiger partial charge in [-0.25, -0.2) is 0 Å². The highest BCUT2D eigenvalue weighted by molar-refractivity contribution is 6.32. The van der Waals surface area contributed by atoms with Crippen LogP contribution in [0.5, 0.6) is 11.5 Å². The van der Waals surface area contributed by atoms with Gasteiger partial charge in [0.05, 0.1) is 18.7 Å². The zero-order valence-electron chi connectivity index (χ0n) is 13.8. The first-order valence-electron chi connectivity index (χ1n) is 8.13. The molecular weight excluding hydrogens is 300 g/mol. The number of nitrogens with zero attached hydrogens (tertiary/aromatic N) is 1. The van der Waals surface area contributed by atoms with Crippen LogP contribution < -0.4 is 14.8 Å². The SMILES string of the molecule is CCOc1c(Cl)cc(CNC[C@@H]2CCCN2CC)cc1OC. The summed E-state index contributed by atoms with van der Waals surface area (Å²) in [5, 5.41) is 4.15. The molecule has 22 heavy (non-hydrogen) atoms. The summed E-state index contributed by atoms with van der Waals surface area (Å²) in [6.45, 7) is 8.90. The molecule has 0 unspecified atom stereocenters. The summed E-state index contributed by atoms with van der Waals surface area (Å²) >= 11 is 6.30. The third-order valence-corrected chi connectivity index (χ3v) is 4.47. The van der Waals surface area contributed by atoms with Crippen LogP contribution in [-0.2, 0) is 6.54 Å². The van der Waals surface area contributed by atoms with Gasteiger partial charge < -0.3 is 14.8 Å². The Balaban J connectivity index is 1.94. The molecule has 1 atom stereocenters. The molecule has 0 aromatic heterocycles. The highest BCUT2D eigenvalue weighted by atomic mass is 35.5. The second-order valence-corrected chi connectivity index (χ2v) is 6.00. The Morgan fingerprint density at radius 3 is 2.86 bits per heavy atom. The monoisotopic (exact) mass is 326 g/mol. The number of halogens is 1. The zero-order valence-corrected chi connectivity index (χ0v) is 14.6. The quantitative estimate of drug-likeness (QED) is 0.794.